The van der Waals surface area contributed by atoms with Crippen LogP contribution in [0.1, 0.15) is 31.2 Å². The maximum absolute atomic E-state index is 5.13. The van der Waals surface area contributed by atoms with Crippen molar-refractivity contribution in [1.29, 1.82) is 0 Å². The first-order valence-corrected chi connectivity index (χ1v) is 8.07. The fourth-order valence-electron chi connectivity index (χ4n) is 2.85. The average molecular weight is 288 g/mol. The van der Waals surface area contributed by atoms with Crippen LogP contribution in [0.2, 0.25) is 0 Å². The molecule has 0 bridgehead atoms. The van der Waals surface area contributed by atoms with E-state index in [4.69, 9.17) is 4.74 Å². The summed E-state index contributed by atoms with van der Waals surface area (Å²) in [6.07, 6.45) is 8.32. The first-order chi connectivity index (χ1) is 10.4. The molecule has 0 aliphatic heterocycles. The highest BCUT2D eigenvalue weighted by Gasteiger charge is 2.07. The molecule has 0 unspecified atom stereocenters. The standard InChI is InChI=1S/C18H28N2O/c1-19-12-6-5-9-16-15-20(13-7-8-14-21-2)18-11-4-3-10-17(16)18/h3-4,10-11,15,19H,5-9,12-14H2,1-2H3. The van der Waals surface area contributed by atoms with E-state index in [1.165, 1.54) is 42.1 Å². The number of benzene rings is 1. The largest absolute Gasteiger partial charge is 0.385 e. The number of rotatable bonds is 10. The third kappa shape index (κ3) is 4.58. The highest BCUT2D eigenvalue weighted by molar-refractivity contribution is 5.83. The molecule has 2 aromatic rings. The van der Waals surface area contributed by atoms with Gasteiger partial charge in [-0.15, -0.1) is 0 Å². The number of nitrogens with zero attached hydrogens (tertiary/aromatic N) is 1. The summed E-state index contributed by atoms with van der Waals surface area (Å²) in [5.74, 6) is 0. The summed E-state index contributed by atoms with van der Waals surface area (Å²) < 4.78 is 7.55. The molecule has 21 heavy (non-hydrogen) atoms. The Kier molecular flexibility index (Phi) is 6.77. The first kappa shape index (κ1) is 16.1. The number of fused-ring (bicyclic) bond motifs is 1. The van der Waals surface area contributed by atoms with E-state index in [0.29, 0.717) is 0 Å². The normalized spacial score (nSPS) is 11.3. The molecule has 1 heterocycles. The van der Waals surface area contributed by atoms with Crippen LogP contribution in [-0.2, 0) is 17.7 Å². The third-order valence-electron chi connectivity index (χ3n) is 3.99. The van der Waals surface area contributed by atoms with Gasteiger partial charge in [-0.2, -0.15) is 0 Å². The minimum atomic E-state index is 0.857. The maximum atomic E-state index is 5.13. The van der Waals surface area contributed by atoms with Gasteiger partial charge in [0.1, 0.15) is 0 Å². The molecule has 0 radical (unpaired) electrons. The Morgan fingerprint density at radius 1 is 1.10 bits per heavy atom. The lowest BCUT2D eigenvalue weighted by Crippen LogP contribution is -2.07. The monoisotopic (exact) mass is 288 g/mol. The molecule has 0 amide bonds. The molecule has 1 N–H and O–H groups in total. The van der Waals surface area contributed by atoms with Gasteiger partial charge in [-0.1, -0.05) is 18.2 Å². The number of unbranched alkanes of at least 4 members (excludes halogenated alkanes) is 2. The van der Waals surface area contributed by atoms with Gasteiger partial charge in [0.05, 0.1) is 0 Å². The van der Waals surface area contributed by atoms with Crippen LogP contribution in [0.5, 0.6) is 0 Å². The lowest BCUT2D eigenvalue weighted by molar-refractivity contribution is 0.191. The summed E-state index contributed by atoms with van der Waals surface area (Å²) in [5.41, 5.74) is 2.87. The van der Waals surface area contributed by atoms with Crippen molar-refractivity contribution >= 4 is 10.9 Å². The number of hydrogen-bond acceptors (Lipinski definition) is 2. The molecule has 1 aromatic carbocycles. The Morgan fingerprint density at radius 2 is 1.95 bits per heavy atom. The van der Waals surface area contributed by atoms with Gasteiger partial charge in [0.15, 0.2) is 0 Å². The summed E-state index contributed by atoms with van der Waals surface area (Å²) in [6, 6.07) is 8.78. The van der Waals surface area contributed by atoms with E-state index in [1.54, 1.807) is 7.11 Å². The lowest BCUT2D eigenvalue weighted by Gasteiger charge is -2.04. The number of aryl methyl sites for hydroxylation is 2. The summed E-state index contributed by atoms with van der Waals surface area (Å²) in [4.78, 5) is 0. The molecule has 0 atom stereocenters. The number of hydrogen-bond donors (Lipinski definition) is 1. The van der Waals surface area contributed by atoms with E-state index in [2.05, 4.69) is 40.3 Å². The fraction of sp³-hybridized carbons (Fsp3) is 0.556. The van der Waals surface area contributed by atoms with Gasteiger partial charge in [0.2, 0.25) is 0 Å². The highest BCUT2D eigenvalue weighted by atomic mass is 16.5. The van der Waals surface area contributed by atoms with E-state index in [0.717, 1.165) is 26.1 Å². The van der Waals surface area contributed by atoms with Gasteiger partial charge < -0.3 is 14.6 Å². The van der Waals surface area contributed by atoms with Crippen LogP contribution in [0, 0.1) is 0 Å². The van der Waals surface area contributed by atoms with E-state index >= 15 is 0 Å². The van der Waals surface area contributed by atoms with E-state index in [-0.39, 0.29) is 0 Å². The molecule has 0 aliphatic carbocycles. The van der Waals surface area contributed by atoms with Gasteiger partial charge in [-0.05, 0) is 57.3 Å². The Morgan fingerprint density at radius 3 is 2.76 bits per heavy atom. The van der Waals surface area contributed by atoms with Gasteiger partial charge in [-0.3, -0.25) is 0 Å². The van der Waals surface area contributed by atoms with Crippen molar-refractivity contribution < 1.29 is 4.74 Å². The number of aromatic nitrogens is 1. The minimum Gasteiger partial charge on any atom is -0.385 e. The summed E-state index contributed by atoms with van der Waals surface area (Å²) >= 11 is 0. The predicted molar refractivity (Wildman–Crippen MR) is 89.9 cm³/mol. The molecule has 2 rings (SSSR count). The Balaban J connectivity index is 2.03. The average Bonchev–Trinajstić information content (AvgIpc) is 2.87. The van der Waals surface area contributed by atoms with Crippen molar-refractivity contribution in [3.63, 3.8) is 0 Å². The fourth-order valence-corrected chi connectivity index (χ4v) is 2.85. The minimum absolute atomic E-state index is 0.857. The van der Waals surface area contributed by atoms with Crippen molar-refractivity contribution in [3.05, 3.63) is 36.0 Å². The summed E-state index contributed by atoms with van der Waals surface area (Å²) in [5, 5.41) is 4.64. The van der Waals surface area contributed by atoms with E-state index in [9.17, 15) is 0 Å². The summed E-state index contributed by atoms with van der Waals surface area (Å²) in [7, 11) is 3.79. The maximum Gasteiger partial charge on any atom is 0.0483 e. The van der Waals surface area contributed by atoms with Crippen LogP contribution in [0.4, 0.5) is 0 Å². The van der Waals surface area contributed by atoms with Crippen molar-refractivity contribution in [1.82, 2.24) is 9.88 Å². The Labute approximate surface area is 128 Å². The molecule has 0 saturated carbocycles. The van der Waals surface area contributed by atoms with Crippen molar-refractivity contribution in [2.45, 2.75) is 38.6 Å². The smallest absolute Gasteiger partial charge is 0.0483 e. The molecular formula is C18H28N2O. The molecule has 3 nitrogen and oxygen atoms in total. The Bertz CT molecular complexity index is 487. The second kappa shape index (κ2) is 8.85. The predicted octanol–water partition coefficient (Wildman–Crippen LogP) is 3.61. The molecule has 1 aromatic heterocycles. The number of methoxy groups -OCH3 is 1. The van der Waals surface area contributed by atoms with Gasteiger partial charge in [-0.25, -0.2) is 0 Å². The topological polar surface area (TPSA) is 26.2 Å². The zero-order valence-electron chi connectivity index (χ0n) is 13.4. The first-order valence-electron chi connectivity index (χ1n) is 8.07. The SMILES string of the molecule is CNCCCCc1cn(CCCCOC)c2ccccc12. The van der Waals surface area contributed by atoms with Crippen LogP contribution < -0.4 is 5.32 Å². The molecule has 0 aliphatic rings. The van der Waals surface area contributed by atoms with Gasteiger partial charge in [0.25, 0.3) is 0 Å². The van der Waals surface area contributed by atoms with Crippen molar-refractivity contribution in [2.24, 2.45) is 0 Å². The van der Waals surface area contributed by atoms with Crippen molar-refractivity contribution in [3.8, 4) is 0 Å². The van der Waals surface area contributed by atoms with Crippen LogP contribution in [0.15, 0.2) is 30.5 Å². The zero-order chi connectivity index (χ0) is 14.9. The van der Waals surface area contributed by atoms with Crippen LogP contribution >= 0.6 is 0 Å². The number of ether oxygens (including phenoxy) is 1. The highest BCUT2D eigenvalue weighted by Crippen LogP contribution is 2.23. The van der Waals surface area contributed by atoms with Crippen LogP contribution in [0.3, 0.4) is 0 Å². The molecule has 116 valence electrons. The van der Waals surface area contributed by atoms with Gasteiger partial charge in [0, 0.05) is 37.4 Å². The van der Waals surface area contributed by atoms with Crippen LogP contribution in [0.25, 0.3) is 10.9 Å². The zero-order valence-corrected chi connectivity index (χ0v) is 13.4. The molecule has 3 heteroatoms. The second-order valence-corrected chi connectivity index (χ2v) is 5.63. The molecule has 0 saturated heterocycles. The van der Waals surface area contributed by atoms with E-state index in [1.807, 2.05) is 7.05 Å². The second-order valence-electron chi connectivity index (χ2n) is 5.63. The number of para-hydroxylation sites is 1. The summed E-state index contributed by atoms with van der Waals surface area (Å²) in [6.45, 7) is 3.05. The van der Waals surface area contributed by atoms with Crippen molar-refractivity contribution in [2.75, 3.05) is 27.3 Å². The number of nitrogens with one attached hydrogen (secondary N) is 1. The molecule has 0 fully saturated rings. The van der Waals surface area contributed by atoms with E-state index < -0.39 is 0 Å². The van der Waals surface area contributed by atoms with Crippen LogP contribution in [-0.4, -0.2) is 31.9 Å². The Hall–Kier alpha value is -1.32. The van der Waals surface area contributed by atoms with Gasteiger partial charge >= 0.3 is 0 Å². The third-order valence-corrected chi connectivity index (χ3v) is 3.99. The molecular weight excluding hydrogens is 260 g/mol. The lowest BCUT2D eigenvalue weighted by atomic mass is 10.1. The quantitative estimate of drug-likeness (QED) is 0.676. The molecule has 0 spiro atoms.